The fourth-order valence-corrected chi connectivity index (χ4v) is 4.36. The molecule has 1 aliphatic heterocycles. The first-order valence-electron chi connectivity index (χ1n) is 10.2. The lowest BCUT2D eigenvalue weighted by Crippen LogP contribution is -2.51. The third-order valence-corrected chi connectivity index (χ3v) is 6.41. The van der Waals surface area contributed by atoms with E-state index in [-0.39, 0.29) is 31.2 Å². The Bertz CT molecular complexity index is 471. The van der Waals surface area contributed by atoms with E-state index in [4.69, 9.17) is 23.0 Å². The van der Waals surface area contributed by atoms with Crippen LogP contribution in [0.4, 0.5) is 0 Å². The first-order chi connectivity index (χ1) is 12.8. The Labute approximate surface area is 164 Å². The molecule has 0 aromatic carbocycles. The van der Waals surface area contributed by atoms with Crippen LogP contribution in [0.2, 0.25) is 0 Å². The van der Waals surface area contributed by atoms with Crippen molar-refractivity contribution in [1.82, 2.24) is 0 Å². The lowest BCUT2D eigenvalue weighted by atomic mass is 9.82. The molecule has 0 aromatic rings. The van der Waals surface area contributed by atoms with Crippen LogP contribution in [0.3, 0.4) is 0 Å². The van der Waals surface area contributed by atoms with E-state index < -0.39 is 26.2 Å². The highest BCUT2D eigenvalue weighted by molar-refractivity contribution is 7.48. The standard InChI is InChI=1S/C19H37O7P/c1-7-10-12-22-27(21,23-13-11-8-2)26-19-18(24-16(6)20)15(5)14(4)17(9-3)25-19/h14-15,17-19H,7-13H2,1-6H3/t14-,15-,17?,18?,19+/m0/s1. The molecule has 5 atom stereocenters. The molecule has 27 heavy (non-hydrogen) atoms. The summed E-state index contributed by atoms with van der Waals surface area (Å²) >= 11 is 0. The van der Waals surface area contributed by atoms with Gasteiger partial charge in [0.25, 0.3) is 0 Å². The minimum Gasteiger partial charge on any atom is -0.457 e. The number of unbranched alkanes of at least 4 members (excludes halogenated alkanes) is 2. The van der Waals surface area contributed by atoms with Gasteiger partial charge < -0.3 is 9.47 Å². The monoisotopic (exact) mass is 408 g/mol. The van der Waals surface area contributed by atoms with E-state index in [1.165, 1.54) is 6.92 Å². The number of rotatable bonds is 12. The highest BCUT2D eigenvalue weighted by Crippen LogP contribution is 2.53. The van der Waals surface area contributed by atoms with Gasteiger partial charge in [-0.3, -0.25) is 18.4 Å². The van der Waals surface area contributed by atoms with Gasteiger partial charge in [-0.15, -0.1) is 0 Å². The molecule has 1 aliphatic rings. The molecule has 1 fully saturated rings. The average Bonchev–Trinajstić information content (AvgIpc) is 2.61. The second kappa shape index (κ2) is 12.2. The van der Waals surface area contributed by atoms with Gasteiger partial charge in [-0.25, -0.2) is 4.57 Å². The van der Waals surface area contributed by atoms with E-state index >= 15 is 0 Å². The molecule has 1 rings (SSSR count). The molecule has 2 unspecified atom stereocenters. The molecule has 0 aromatic heterocycles. The van der Waals surface area contributed by atoms with Crippen LogP contribution in [0, 0.1) is 11.8 Å². The summed E-state index contributed by atoms with van der Waals surface area (Å²) < 4.78 is 41.4. The van der Waals surface area contributed by atoms with Crippen LogP contribution in [0.5, 0.6) is 0 Å². The van der Waals surface area contributed by atoms with Crippen LogP contribution in [-0.4, -0.2) is 37.7 Å². The molecule has 160 valence electrons. The van der Waals surface area contributed by atoms with E-state index in [9.17, 15) is 9.36 Å². The fourth-order valence-electron chi connectivity index (χ4n) is 3.03. The Morgan fingerprint density at radius 2 is 1.56 bits per heavy atom. The molecule has 7 nitrogen and oxygen atoms in total. The summed E-state index contributed by atoms with van der Waals surface area (Å²) in [6.45, 7) is 12.0. The number of phosphoric ester groups is 1. The largest absolute Gasteiger partial charge is 0.477 e. The molecule has 1 heterocycles. The zero-order chi connectivity index (χ0) is 20.4. The Balaban J connectivity index is 2.96. The van der Waals surface area contributed by atoms with Crippen molar-refractivity contribution in [2.75, 3.05) is 13.2 Å². The SMILES string of the molecule is CCCCOP(=O)(OCCCC)O[C@H]1OC(CC)[C@@H](C)[C@H](C)C1OC(C)=O. The summed E-state index contributed by atoms with van der Waals surface area (Å²) in [5, 5.41) is 0. The summed E-state index contributed by atoms with van der Waals surface area (Å²) in [4.78, 5) is 11.6. The van der Waals surface area contributed by atoms with Gasteiger partial charge in [0.05, 0.1) is 19.3 Å². The van der Waals surface area contributed by atoms with E-state index in [2.05, 4.69) is 6.92 Å². The molecule has 0 amide bonds. The number of hydrogen-bond acceptors (Lipinski definition) is 7. The maximum atomic E-state index is 13.2. The van der Waals surface area contributed by atoms with Crippen LogP contribution in [0.25, 0.3) is 0 Å². The number of ether oxygens (including phenoxy) is 2. The Morgan fingerprint density at radius 1 is 1.00 bits per heavy atom. The lowest BCUT2D eigenvalue weighted by molar-refractivity contribution is -0.252. The molecule has 8 heteroatoms. The highest BCUT2D eigenvalue weighted by Gasteiger charge is 2.47. The van der Waals surface area contributed by atoms with Crippen molar-refractivity contribution in [2.45, 2.75) is 92.1 Å². The van der Waals surface area contributed by atoms with E-state index in [1.54, 1.807) is 0 Å². The number of esters is 1. The highest BCUT2D eigenvalue weighted by atomic mass is 31.2. The minimum absolute atomic E-state index is 0.0164. The van der Waals surface area contributed by atoms with Crippen molar-refractivity contribution in [3.63, 3.8) is 0 Å². The van der Waals surface area contributed by atoms with Crippen molar-refractivity contribution >= 4 is 13.8 Å². The van der Waals surface area contributed by atoms with Crippen molar-refractivity contribution in [3.05, 3.63) is 0 Å². The van der Waals surface area contributed by atoms with Crippen LogP contribution in [0.1, 0.15) is 73.6 Å². The molecule has 0 spiro atoms. The van der Waals surface area contributed by atoms with Gasteiger partial charge in [-0.05, 0) is 25.2 Å². The summed E-state index contributed by atoms with van der Waals surface area (Å²) in [6, 6.07) is 0. The third kappa shape index (κ3) is 7.82. The van der Waals surface area contributed by atoms with Crippen LogP contribution in [0.15, 0.2) is 0 Å². The first-order valence-corrected chi connectivity index (χ1v) is 11.6. The van der Waals surface area contributed by atoms with Gasteiger partial charge >= 0.3 is 13.8 Å². The maximum Gasteiger partial charge on any atom is 0.477 e. The zero-order valence-corrected chi connectivity index (χ0v) is 18.5. The van der Waals surface area contributed by atoms with Crippen LogP contribution < -0.4 is 0 Å². The lowest BCUT2D eigenvalue weighted by Gasteiger charge is -2.43. The topological polar surface area (TPSA) is 80.3 Å². The summed E-state index contributed by atoms with van der Waals surface area (Å²) in [7, 11) is -3.83. The van der Waals surface area contributed by atoms with Gasteiger partial charge in [0.1, 0.15) is 0 Å². The molecule has 1 saturated heterocycles. The second-order valence-corrected chi connectivity index (χ2v) is 8.79. The number of carbonyl (C=O) groups is 1. The molecular formula is C19H37O7P. The zero-order valence-electron chi connectivity index (χ0n) is 17.6. The predicted molar refractivity (Wildman–Crippen MR) is 103 cm³/mol. The molecular weight excluding hydrogens is 371 g/mol. The first kappa shape index (κ1) is 24.6. The maximum absolute atomic E-state index is 13.2. The fraction of sp³-hybridized carbons (Fsp3) is 0.947. The van der Waals surface area contributed by atoms with E-state index in [1.807, 2.05) is 27.7 Å². The van der Waals surface area contributed by atoms with E-state index in [0.29, 0.717) is 0 Å². The molecule has 0 saturated carbocycles. The quantitative estimate of drug-likeness (QED) is 0.253. The van der Waals surface area contributed by atoms with Crippen molar-refractivity contribution in [1.29, 1.82) is 0 Å². The smallest absolute Gasteiger partial charge is 0.457 e. The van der Waals surface area contributed by atoms with Crippen molar-refractivity contribution < 1.29 is 32.4 Å². The number of phosphoric acid groups is 1. The van der Waals surface area contributed by atoms with Crippen molar-refractivity contribution in [3.8, 4) is 0 Å². The second-order valence-electron chi connectivity index (χ2n) is 7.17. The van der Waals surface area contributed by atoms with Crippen LogP contribution >= 0.6 is 7.82 Å². The Morgan fingerprint density at radius 3 is 2.00 bits per heavy atom. The Hall–Kier alpha value is -0.460. The number of hydrogen-bond donors (Lipinski definition) is 0. The molecule has 0 N–H and O–H groups in total. The van der Waals surface area contributed by atoms with Gasteiger partial charge in [0.2, 0.25) is 6.29 Å². The summed E-state index contributed by atoms with van der Waals surface area (Å²) in [5.74, 6) is -0.280. The van der Waals surface area contributed by atoms with Crippen molar-refractivity contribution in [2.24, 2.45) is 11.8 Å². The average molecular weight is 408 g/mol. The van der Waals surface area contributed by atoms with Gasteiger partial charge in [0.15, 0.2) is 6.10 Å². The molecule has 0 bridgehead atoms. The van der Waals surface area contributed by atoms with Gasteiger partial charge in [-0.1, -0.05) is 47.5 Å². The number of carbonyl (C=O) groups excluding carboxylic acids is 1. The van der Waals surface area contributed by atoms with Gasteiger partial charge in [0, 0.05) is 12.8 Å². The normalized spacial score (nSPS) is 28.9. The summed E-state index contributed by atoms with van der Waals surface area (Å²) in [5.41, 5.74) is 0. The molecule has 0 aliphatic carbocycles. The van der Waals surface area contributed by atoms with Crippen LogP contribution in [-0.2, 0) is 32.4 Å². The predicted octanol–water partition coefficient (Wildman–Crippen LogP) is 5.08. The minimum atomic E-state index is -3.83. The van der Waals surface area contributed by atoms with Gasteiger partial charge in [-0.2, -0.15) is 0 Å². The summed E-state index contributed by atoms with van der Waals surface area (Å²) in [6.07, 6.45) is 2.32. The third-order valence-electron chi connectivity index (χ3n) is 4.94. The van der Waals surface area contributed by atoms with E-state index in [0.717, 1.165) is 32.1 Å². The Kier molecular flexibility index (Phi) is 11.1. The molecule has 0 radical (unpaired) electrons.